The summed E-state index contributed by atoms with van der Waals surface area (Å²) < 4.78 is 7.37. The normalized spacial score (nSPS) is 11.2. The van der Waals surface area contributed by atoms with Crippen LogP contribution in [0.1, 0.15) is 11.6 Å². The van der Waals surface area contributed by atoms with E-state index in [4.69, 9.17) is 4.42 Å². The van der Waals surface area contributed by atoms with E-state index in [-0.39, 0.29) is 6.03 Å². The molecule has 0 fully saturated rings. The molecule has 0 saturated carbocycles. The number of nitrogens with zero attached hydrogens (tertiary/aromatic N) is 3. The predicted molar refractivity (Wildman–Crippen MR) is 92.7 cm³/mol. The van der Waals surface area contributed by atoms with E-state index in [2.05, 4.69) is 15.6 Å². The molecule has 2 N–H and O–H groups in total. The average Bonchev–Trinajstić information content (AvgIpc) is 3.13. The van der Waals surface area contributed by atoms with Gasteiger partial charge in [0.05, 0.1) is 24.5 Å². The molecule has 2 aromatic heterocycles. The number of hydrogen-bond donors (Lipinski definition) is 2. The van der Waals surface area contributed by atoms with Crippen molar-refractivity contribution in [3.05, 3.63) is 48.3 Å². The third-order valence-electron chi connectivity index (χ3n) is 3.66. The maximum absolute atomic E-state index is 12.1. The molecule has 0 atom stereocenters. The predicted octanol–water partition coefficient (Wildman–Crippen LogP) is 2.55. The highest BCUT2D eigenvalue weighted by atomic mass is 16.3. The molecule has 1 aromatic carbocycles. The van der Waals surface area contributed by atoms with Gasteiger partial charge in [-0.3, -0.25) is 0 Å². The van der Waals surface area contributed by atoms with Gasteiger partial charge in [0.2, 0.25) is 5.89 Å². The first kappa shape index (κ1) is 16.1. The minimum absolute atomic E-state index is 0.275. The molecule has 0 aliphatic rings. The number of aryl methyl sites for hydroxylation is 1. The minimum Gasteiger partial charge on any atom is -0.447 e. The summed E-state index contributed by atoms with van der Waals surface area (Å²) in [5, 5.41) is 6.67. The van der Waals surface area contributed by atoms with Crippen molar-refractivity contribution in [2.75, 3.05) is 19.4 Å². The molecule has 2 heterocycles. The molecule has 0 unspecified atom stereocenters. The molecule has 0 aliphatic carbocycles. The second kappa shape index (κ2) is 6.76. The summed E-state index contributed by atoms with van der Waals surface area (Å²) in [6.07, 6.45) is 3.53. The number of carbonyl (C=O) groups is 1. The van der Waals surface area contributed by atoms with Crippen LogP contribution in [0.15, 0.2) is 41.1 Å². The van der Waals surface area contributed by atoms with Gasteiger partial charge < -0.3 is 24.5 Å². The minimum atomic E-state index is -0.275. The van der Waals surface area contributed by atoms with Gasteiger partial charge in [-0.1, -0.05) is 6.07 Å². The van der Waals surface area contributed by atoms with Gasteiger partial charge in [0.15, 0.2) is 0 Å². The third kappa shape index (κ3) is 3.57. The maximum Gasteiger partial charge on any atom is 0.319 e. The van der Waals surface area contributed by atoms with Crippen LogP contribution in [0.4, 0.5) is 10.5 Å². The number of amides is 2. The summed E-state index contributed by atoms with van der Waals surface area (Å²) in [5.41, 5.74) is 2.54. The van der Waals surface area contributed by atoms with E-state index in [9.17, 15) is 4.79 Å². The Hall–Kier alpha value is -2.80. The molecule has 0 spiro atoms. The van der Waals surface area contributed by atoms with Gasteiger partial charge in [0.25, 0.3) is 0 Å². The fourth-order valence-corrected chi connectivity index (χ4v) is 2.52. The largest absolute Gasteiger partial charge is 0.447 e. The van der Waals surface area contributed by atoms with Gasteiger partial charge in [-0.05, 0) is 32.3 Å². The third-order valence-corrected chi connectivity index (χ3v) is 3.66. The summed E-state index contributed by atoms with van der Waals surface area (Å²) in [4.78, 5) is 18.4. The van der Waals surface area contributed by atoms with Crippen LogP contribution < -0.4 is 10.6 Å². The maximum atomic E-state index is 12.1. The smallest absolute Gasteiger partial charge is 0.319 e. The molecule has 3 aromatic rings. The van der Waals surface area contributed by atoms with Crippen LogP contribution in [-0.4, -0.2) is 34.6 Å². The summed E-state index contributed by atoms with van der Waals surface area (Å²) in [6, 6.07) is 7.52. The Morgan fingerprint density at radius 3 is 2.96 bits per heavy atom. The molecular weight excluding hydrogens is 306 g/mol. The van der Waals surface area contributed by atoms with Crippen LogP contribution in [0.3, 0.4) is 0 Å². The number of aromatic nitrogens is 2. The number of urea groups is 1. The molecule has 7 heteroatoms. The van der Waals surface area contributed by atoms with Crippen molar-refractivity contribution in [1.29, 1.82) is 0 Å². The van der Waals surface area contributed by atoms with E-state index < -0.39 is 0 Å². The lowest BCUT2D eigenvalue weighted by Gasteiger charge is -2.08. The van der Waals surface area contributed by atoms with Crippen molar-refractivity contribution < 1.29 is 9.21 Å². The molecule has 24 heavy (non-hydrogen) atoms. The number of nitrogens with one attached hydrogen (secondary N) is 2. The van der Waals surface area contributed by atoms with Gasteiger partial charge in [-0.25, -0.2) is 9.78 Å². The van der Waals surface area contributed by atoms with Gasteiger partial charge in [-0.2, -0.15) is 0 Å². The zero-order valence-electron chi connectivity index (χ0n) is 14.0. The van der Waals surface area contributed by atoms with Crippen LogP contribution in [0, 0.1) is 0 Å². The number of benzene rings is 1. The number of hydrogen-bond acceptors (Lipinski definition) is 4. The van der Waals surface area contributed by atoms with Crippen LogP contribution in [0.2, 0.25) is 0 Å². The van der Waals surface area contributed by atoms with E-state index in [1.54, 1.807) is 6.26 Å². The fourth-order valence-electron chi connectivity index (χ4n) is 2.52. The fraction of sp³-hybridized carbons (Fsp3) is 0.294. The molecule has 126 valence electrons. The highest BCUT2D eigenvalue weighted by Gasteiger charge is 2.09. The molecule has 0 radical (unpaired) electrons. The lowest BCUT2D eigenvalue weighted by molar-refractivity contribution is 0.251. The molecule has 0 saturated heterocycles. The van der Waals surface area contributed by atoms with Crippen molar-refractivity contribution in [3.63, 3.8) is 0 Å². The lowest BCUT2D eigenvalue weighted by atomic mass is 10.2. The Kier molecular flexibility index (Phi) is 4.52. The zero-order chi connectivity index (χ0) is 17.1. The monoisotopic (exact) mass is 327 g/mol. The van der Waals surface area contributed by atoms with Crippen molar-refractivity contribution in [2.45, 2.75) is 13.1 Å². The summed E-state index contributed by atoms with van der Waals surface area (Å²) >= 11 is 0. The molecular formula is C17H21N5O2. The number of oxazole rings is 1. The number of rotatable bonds is 5. The Balaban J connectivity index is 1.60. The van der Waals surface area contributed by atoms with Gasteiger partial charge in [-0.15, -0.1) is 0 Å². The second-order valence-corrected chi connectivity index (χ2v) is 5.94. The van der Waals surface area contributed by atoms with E-state index in [0.717, 1.165) is 16.6 Å². The quantitative estimate of drug-likeness (QED) is 0.755. The summed E-state index contributed by atoms with van der Waals surface area (Å²) in [5.74, 6) is 0.631. The highest BCUT2D eigenvalue weighted by Crippen LogP contribution is 2.23. The van der Waals surface area contributed by atoms with E-state index in [1.165, 1.54) is 0 Å². The number of anilines is 1. The number of fused-ring (bicyclic) bond motifs is 1. The molecule has 0 aliphatic heterocycles. The topological polar surface area (TPSA) is 75.3 Å². The summed E-state index contributed by atoms with van der Waals surface area (Å²) in [7, 11) is 5.86. The Bertz CT molecular complexity index is 850. The van der Waals surface area contributed by atoms with Gasteiger partial charge in [0, 0.05) is 24.1 Å². The van der Waals surface area contributed by atoms with Gasteiger partial charge in [0.1, 0.15) is 6.26 Å². The Labute approximate surface area is 140 Å². The number of carbonyl (C=O) groups excluding carboxylic acids is 1. The van der Waals surface area contributed by atoms with Gasteiger partial charge >= 0.3 is 6.03 Å². The molecule has 0 bridgehead atoms. The van der Waals surface area contributed by atoms with Crippen molar-refractivity contribution >= 4 is 22.6 Å². The average molecular weight is 327 g/mol. The van der Waals surface area contributed by atoms with Crippen LogP contribution in [0.25, 0.3) is 10.9 Å². The standard InChI is InChI=1S/C17H21N5O2/c1-21(2)10-16-19-12(11-24-16)9-18-17(23)20-14-5-4-6-15-13(14)7-8-22(15)3/h4-8,11H,9-10H2,1-3H3,(H2,18,20,23). The highest BCUT2D eigenvalue weighted by molar-refractivity contribution is 6.00. The summed E-state index contributed by atoms with van der Waals surface area (Å²) in [6.45, 7) is 0.940. The molecule has 3 rings (SSSR count). The zero-order valence-corrected chi connectivity index (χ0v) is 14.0. The Morgan fingerprint density at radius 2 is 2.17 bits per heavy atom. The Morgan fingerprint density at radius 1 is 1.33 bits per heavy atom. The lowest BCUT2D eigenvalue weighted by Crippen LogP contribution is -2.28. The van der Waals surface area contributed by atoms with Crippen LogP contribution >= 0.6 is 0 Å². The first-order valence-electron chi connectivity index (χ1n) is 7.70. The van der Waals surface area contributed by atoms with Crippen molar-refractivity contribution in [2.24, 2.45) is 7.05 Å². The SMILES string of the molecule is CN(C)Cc1nc(CNC(=O)Nc2cccc3c2ccn3C)co1. The second-order valence-electron chi connectivity index (χ2n) is 5.94. The first-order valence-corrected chi connectivity index (χ1v) is 7.70. The van der Waals surface area contributed by atoms with Crippen LogP contribution in [0.5, 0.6) is 0 Å². The van der Waals surface area contributed by atoms with Crippen molar-refractivity contribution in [3.8, 4) is 0 Å². The van der Waals surface area contributed by atoms with E-state index >= 15 is 0 Å². The van der Waals surface area contributed by atoms with E-state index in [1.807, 2.05) is 61.1 Å². The molecule has 2 amide bonds. The van der Waals surface area contributed by atoms with Crippen LogP contribution in [-0.2, 0) is 20.1 Å². The van der Waals surface area contributed by atoms with Crippen molar-refractivity contribution in [1.82, 2.24) is 19.8 Å². The molecule has 7 nitrogen and oxygen atoms in total. The van der Waals surface area contributed by atoms with E-state index in [0.29, 0.717) is 24.7 Å². The first-order chi connectivity index (χ1) is 11.5.